The number of rotatable bonds is 36. The van der Waals surface area contributed by atoms with Crippen molar-refractivity contribution in [2.45, 2.75) is 167 Å². The van der Waals surface area contributed by atoms with Crippen LogP contribution in [0.4, 0.5) is 0 Å². The van der Waals surface area contributed by atoms with Crippen LogP contribution in [-0.2, 0) is 18.4 Å². The molecule has 0 aromatic rings. The van der Waals surface area contributed by atoms with Gasteiger partial charge in [-0.1, -0.05) is 152 Å². The van der Waals surface area contributed by atoms with Gasteiger partial charge >= 0.3 is 7.82 Å². The summed E-state index contributed by atoms with van der Waals surface area (Å²) in [7, 11) is 1.55. The average Bonchev–Trinajstić information content (AvgIpc) is 3.09. The van der Waals surface area contributed by atoms with Crippen LogP contribution in [0, 0.1) is 0 Å². The molecule has 3 unspecified atom stereocenters. The molecule has 0 bridgehead atoms. The summed E-state index contributed by atoms with van der Waals surface area (Å²) < 4.78 is 23.4. The topological polar surface area (TPSA) is 105 Å². The Morgan fingerprint density at radius 1 is 0.673 bits per heavy atom. The molecule has 302 valence electrons. The predicted molar refractivity (Wildman–Crippen MR) is 221 cm³/mol. The molecule has 0 heterocycles. The Labute approximate surface area is 320 Å². The van der Waals surface area contributed by atoms with Crippen LogP contribution in [0.2, 0.25) is 0 Å². The first kappa shape index (κ1) is 50.2. The second kappa shape index (κ2) is 34.9. The molecule has 0 fully saturated rings. The third kappa shape index (κ3) is 36.6. The summed E-state index contributed by atoms with van der Waals surface area (Å²) in [6.07, 6.45) is 44.3. The summed E-state index contributed by atoms with van der Waals surface area (Å²) in [5.74, 6) is -0.192. The number of aliphatic hydroxyl groups excluding tert-OH is 1. The van der Waals surface area contributed by atoms with Gasteiger partial charge in [0.1, 0.15) is 13.2 Å². The number of carbonyl (C=O) groups excluding carboxylic acids is 1. The maximum Gasteiger partial charge on any atom is 0.472 e. The number of allylic oxidation sites excluding steroid dienone is 9. The van der Waals surface area contributed by atoms with Crippen molar-refractivity contribution in [2.75, 3.05) is 40.9 Å². The number of hydrogen-bond donors (Lipinski definition) is 3. The molecule has 0 spiro atoms. The molecule has 3 N–H and O–H groups in total. The van der Waals surface area contributed by atoms with E-state index in [1.54, 1.807) is 6.08 Å². The molecule has 0 aromatic heterocycles. The monoisotopic (exact) mass is 752 g/mol. The standard InChI is InChI=1S/C43H79N2O6P/c1-6-8-10-12-14-16-17-18-19-20-21-22-23-24-25-26-27-29-31-33-35-37-43(47)44-41(40-51-52(48,49)50-39-38-45(3,4)5)42(46)36-34-32-30-28-15-13-11-9-7-2/h8,10,14,16,18-19,21-22,34,36,41-42,46H,6-7,9,11-13,15,17,20,23-33,35,37-40H2,1-5H3,(H-,44,47,48,49)/p+1/b10-8-,16-14-,19-18-,22-21-,36-34+. The molecule has 0 aliphatic carbocycles. The summed E-state index contributed by atoms with van der Waals surface area (Å²) in [6, 6.07) is -0.850. The summed E-state index contributed by atoms with van der Waals surface area (Å²) in [6.45, 7) is 4.64. The van der Waals surface area contributed by atoms with Crippen molar-refractivity contribution in [1.82, 2.24) is 5.32 Å². The molecule has 0 rings (SSSR count). The summed E-state index contributed by atoms with van der Waals surface area (Å²) in [5.41, 5.74) is 0. The van der Waals surface area contributed by atoms with E-state index >= 15 is 0 Å². The maximum atomic E-state index is 12.8. The van der Waals surface area contributed by atoms with Crippen molar-refractivity contribution >= 4 is 13.7 Å². The second-order valence-corrected chi connectivity index (χ2v) is 16.4. The van der Waals surface area contributed by atoms with Crippen molar-refractivity contribution in [3.05, 3.63) is 60.8 Å². The van der Waals surface area contributed by atoms with Crippen LogP contribution in [0.15, 0.2) is 60.8 Å². The van der Waals surface area contributed by atoms with Gasteiger partial charge in [0, 0.05) is 6.42 Å². The smallest absolute Gasteiger partial charge is 0.387 e. The lowest BCUT2D eigenvalue weighted by Crippen LogP contribution is -2.45. The number of likely N-dealkylation sites (N-methyl/N-ethyl adjacent to an activating group) is 1. The number of phosphoric acid groups is 1. The third-order valence-corrected chi connectivity index (χ3v) is 9.73. The number of unbranched alkanes of at least 4 members (excludes halogenated alkanes) is 15. The zero-order chi connectivity index (χ0) is 38.6. The van der Waals surface area contributed by atoms with Crippen LogP contribution in [-0.4, -0.2) is 73.4 Å². The second-order valence-electron chi connectivity index (χ2n) is 15.0. The van der Waals surface area contributed by atoms with Crippen molar-refractivity contribution in [1.29, 1.82) is 0 Å². The van der Waals surface area contributed by atoms with E-state index in [9.17, 15) is 19.4 Å². The van der Waals surface area contributed by atoms with Gasteiger partial charge in [-0.15, -0.1) is 0 Å². The highest BCUT2D eigenvalue weighted by molar-refractivity contribution is 7.47. The predicted octanol–water partition coefficient (Wildman–Crippen LogP) is 11.1. The van der Waals surface area contributed by atoms with Gasteiger partial charge in [0.15, 0.2) is 0 Å². The maximum absolute atomic E-state index is 12.8. The minimum absolute atomic E-state index is 0.0568. The molecular weight excluding hydrogens is 671 g/mol. The van der Waals surface area contributed by atoms with Crippen LogP contribution in [0.1, 0.15) is 155 Å². The molecule has 0 aromatic carbocycles. The van der Waals surface area contributed by atoms with Crippen LogP contribution < -0.4 is 5.32 Å². The van der Waals surface area contributed by atoms with Gasteiger partial charge in [-0.3, -0.25) is 13.8 Å². The highest BCUT2D eigenvalue weighted by Gasteiger charge is 2.27. The van der Waals surface area contributed by atoms with Gasteiger partial charge in [0.2, 0.25) is 5.91 Å². The van der Waals surface area contributed by atoms with Gasteiger partial charge in [-0.2, -0.15) is 0 Å². The Morgan fingerprint density at radius 2 is 1.15 bits per heavy atom. The van der Waals surface area contributed by atoms with Crippen LogP contribution in [0.5, 0.6) is 0 Å². The average molecular weight is 752 g/mol. The fourth-order valence-electron chi connectivity index (χ4n) is 5.44. The number of hydrogen-bond acceptors (Lipinski definition) is 5. The van der Waals surface area contributed by atoms with E-state index < -0.39 is 20.0 Å². The van der Waals surface area contributed by atoms with E-state index in [4.69, 9.17) is 9.05 Å². The molecule has 9 heteroatoms. The Morgan fingerprint density at radius 3 is 1.69 bits per heavy atom. The molecule has 1 amide bonds. The molecule has 0 saturated heterocycles. The molecule has 0 radical (unpaired) electrons. The number of nitrogens with one attached hydrogen (secondary N) is 1. The van der Waals surface area contributed by atoms with Gasteiger partial charge in [-0.25, -0.2) is 4.57 Å². The van der Waals surface area contributed by atoms with Crippen LogP contribution >= 0.6 is 7.82 Å². The summed E-state index contributed by atoms with van der Waals surface area (Å²) in [4.78, 5) is 23.0. The van der Waals surface area contributed by atoms with Gasteiger partial charge < -0.3 is 19.8 Å². The molecule has 0 aliphatic heterocycles. The molecule has 0 saturated carbocycles. The van der Waals surface area contributed by atoms with Crippen molar-refractivity contribution < 1.29 is 32.9 Å². The number of amides is 1. The Balaban J connectivity index is 4.35. The van der Waals surface area contributed by atoms with Gasteiger partial charge in [0.25, 0.3) is 0 Å². The minimum atomic E-state index is -4.33. The highest BCUT2D eigenvalue weighted by atomic mass is 31.2. The SMILES string of the molecule is CC/C=C\C/C=C\C/C=C\C/C=C\CCCCCCCCCCC(=O)NC(COP(=O)(O)OCC[N+](C)(C)C)C(O)/C=C/CCCCCCCCC. The number of aliphatic hydroxyl groups is 1. The first-order valence-electron chi connectivity index (χ1n) is 20.7. The van der Waals surface area contributed by atoms with E-state index in [1.165, 1.54) is 64.2 Å². The summed E-state index contributed by atoms with van der Waals surface area (Å²) >= 11 is 0. The Hall–Kier alpha value is -1.80. The van der Waals surface area contributed by atoms with Crippen molar-refractivity contribution in [3.63, 3.8) is 0 Å². The zero-order valence-corrected chi connectivity index (χ0v) is 34.9. The normalized spacial score (nSPS) is 15.1. The molecule has 3 atom stereocenters. The highest BCUT2D eigenvalue weighted by Crippen LogP contribution is 2.43. The summed E-state index contributed by atoms with van der Waals surface area (Å²) in [5, 5.41) is 13.7. The lowest BCUT2D eigenvalue weighted by atomic mass is 10.1. The van der Waals surface area contributed by atoms with E-state index in [-0.39, 0.29) is 19.1 Å². The minimum Gasteiger partial charge on any atom is -0.387 e. The fourth-order valence-corrected chi connectivity index (χ4v) is 6.18. The first-order chi connectivity index (χ1) is 25.0. The number of quaternary nitrogens is 1. The number of nitrogens with zero attached hydrogens (tertiary/aromatic N) is 1. The van der Waals surface area contributed by atoms with Crippen LogP contribution in [0.3, 0.4) is 0 Å². The third-order valence-electron chi connectivity index (χ3n) is 8.74. The van der Waals surface area contributed by atoms with E-state index in [0.717, 1.165) is 70.6 Å². The number of phosphoric ester groups is 1. The molecule has 0 aliphatic rings. The quantitative estimate of drug-likeness (QED) is 0.0255. The van der Waals surface area contributed by atoms with Gasteiger partial charge in [0.05, 0.1) is 39.9 Å². The van der Waals surface area contributed by atoms with E-state index in [0.29, 0.717) is 17.4 Å². The molecule has 52 heavy (non-hydrogen) atoms. The van der Waals surface area contributed by atoms with Crippen molar-refractivity contribution in [3.8, 4) is 0 Å². The lowest BCUT2D eigenvalue weighted by molar-refractivity contribution is -0.870. The van der Waals surface area contributed by atoms with Crippen molar-refractivity contribution in [2.24, 2.45) is 0 Å². The van der Waals surface area contributed by atoms with E-state index in [1.807, 2.05) is 27.2 Å². The van der Waals surface area contributed by atoms with Crippen LogP contribution in [0.25, 0.3) is 0 Å². The lowest BCUT2D eigenvalue weighted by Gasteiger charge is -2.25. The first-order valence-corrected chi connectivity index (χ1v) is 22.2. The fraction of sp³-hybridized carbons (Fsp3) is 0.744. The van der Waals surface area contributed by atoms with E-state index in [2.05, 4.69) is 67.8 Å². The largest absolute Gasteiger partial charge is 0.472 e. The molecule has 8 nitrogen and oxygen atoms in total. The Kier molecular flexibility index (Phi) is 33.7. The Bertz CT molecular complexity index is 1030. The van der Waals surface area contributed by atoms with Gasteiger partial charge in [-0.05, 0) is 57.8 Å². The zero-order valence-electron chi connectivity index (χ0n) is 34.0. The molecular formula is C43H80N2O6P+. The number of carbonyl (C=O) groups is 1.